The Kier molecular flexibility index (Phi) is 92.2. The molecule has 0 aliphatic carbocycles. The van der Waals surface area contributed by atoms with Crippen LogP contribution in [0.1, 0.15) is 130 Å². The van der Waals surface area contributed by atoms with E-state index in [1.807, 2.05) is 0 Å². The lowest BCUT2D eigenvalue weighted by atomic mass is 10.1. The van der Waals surface area contributed by atoms with Gasteiger partial charge in [-0.15, -0.1) is 0 Å². The average molecular weight is 1630 g/mol. The summed E-state index contributed by atoms with van der Waals surface area (Å²) in [5, 5.41) is 0. The van der Waals surface area contributed by atoms with Gasteiger partial charge in [0.1, 0.15) is 55.4 Å². The van der Waals surface area contributed by atoms with Crippen LogP contribution in [0.4, 0.5) is 39.5 Å². The second kappa shape index (κ2) is 88.7. The number of epoxide rings is 6. The first-order chi connectivity index (χ1) is 53.1. The Hall–Kier alpha value is -4.22. The number of hydrogen-bond donors (Lipinski definition) is 0. The van der Waals surface area contributed by atoms with E-state index in [9.17, 15) is 44.3 Å². The summed E-state index contributed by atoms with van der Waals surface area (Å²) in [6, 6.07) is -5.44. The smallest absolute Gasteiger partial charge is 0.342 e. The topological polar surface area (TPSA) is 268 Å². The summed E-state index contributed by atoms with van der Waals surface area (Å²) in [6.45, 7) is 32.1. The molecule has 0 spiro atoms. The molecule has 0 radical (unpaired) electrons. The number of carbonyl (C=O) groups excluding carboxylic acids is 1. The molecule has 35 heteroatoms. The molecule has 658 valence electrons. The van der Waals surface area contributed by atoms with Gasteiger partial charge in [0.2, 0.25) is 0 Å². The van der Waals surface area contributed by atoms with Crippen LogP contribution in [0.5, 0.6) is 0 Å². The van der Waals surface area contributed by atoms with Crippen molar-refractivity contribution in [2.75, 3.05) is 256 Å². The molecule has 110 heavy (non-hydrogen) atoms. The molecule has 6 atom stereocenters. The molecule has 6 aliphatic rings. The number of carbonyl (C=O) groups is 1. The first-order valence-electron chi connectivity index (χ1n) is 37.1. The zero-order valence-corrected chi connectivity index (χ0v) is 68.2. The molecular weight excluding hydrogens is 1490 g/mol. The molecule has 6 rings (SSSR count). The molecule has 0 bridgehead atoms. The Labute approximate surface area is 650 Å². The lowest BCUT2D eigenvalue weighted by molar-refractivity contribution is -0.144. The van der Waals surface area contributed by atoms with E-state index in [4.69, 9.17) is 90.0 Å². The SMILES string of the molecule is C=COCCCCOC.C=COCCOC.CCCCCCOCC1(CC)CO1.COC(F)=C(F)F.COCC1CO1.COCCCC(=O)OCC1CO1.COCCCCCCOCC1(C)CO1.COCCCCOC(F)=C(F)F.COCCCCOCC1CO1.COCCOC(F)=C(F)F.COCCOCC1CO1. The fraction of sp³-hybridized carbons (Fsp3) is 0.853. The van der Waals surface area contributed by atoms with Crippen molar-refractivity contribution in [3.05, 3.63) is 62.0 Å². The number of esters is 1. The standard InChI is InChI=1S/C11H22O3.C11H22O2.C8H14O4.C8H16O3.C7H11F3O2.C7H14O2.C6H12O3.C5H7F3O2.C5H10O2.C4H8O2.C3H3F3O/c1-11(10-14-11)9-13-8-6-4-3-5-7-12-2;1-3-5-6-7-8-12-9-11(4-2)10-13-11;1-10-4-2-3-8(9)12-6-7-5-11-7;1-9-4-2-3-5-10-6-8-7-11-8;1-11-4-2-3-5-12-7(10)6(8)9;1-3-9-7-5-4-6-8-2;1-7-2-3-8-4-6-5-9-6;1-9-2-3-10-5(8)4(6)7;1-3-7-5-4-6-2;1-5-2-4-3-6-4;1-7-3(6)2(4)5/h3-10H2,1-2H3;3-10H2,1-2H3;7H,2-6H2,1H3;8H,2-7H2,1H3;2-5H2,1H3;3H,1,4-7H2,2H3;6H,2-5H2,1H3;2-3H2,1H3;3H,1,4-5H2,2H3;4H,2-3H2,1H3;1H3. The maximum absolute atomic E-state index is 11.9. The summed E-state index contributed by atoms with van der Waals surface area (Å²) >= 11 is 0. The van der Waals surface area contributed by atoms with Gasteiger partial charge in [-0.3, -0.25) is 4.79 Å². The van der Waals surface area contributed by atoms with Gasteiger partial charge in [0.15, 0.2) is 0 Å². The van der Waals surface area contributed by atoms with Gasteiger partial charge < -0.3 is 118 Å². The van der Waals surface area contributed by atoms with Gasteiger partial charge in [-0.2, -0.15) is 39.5 Å². The highest BCUT2D eigenvalue weighted by Crippen LogP contribution is 2.31. The van der Waals surface area contributed by atoms with Crippen LogP contribution in [0.2, 0.25) is 0 Å². The number of hydrogen-bond acceptors (Lipinski definition) is 26. The molecule has 0 N–H and O–H groups in total. The van der Waals surface area contributed by atoms with Gasteiger partial charge in [-0.25, -0.2) is 0 Å². The fourth-order valence-corrected chi connectivity index (χ4v) is 6.80. The number of rotatable bonds is 58. The largest absolute Gasteiger partial charge is 0.502 e. The first kappa shape index (κ1) is 114. The van der Waals surface area contributed by atoms with Crippen LogP contribution in [0.15, 0.2) is 62.0 Å². The Bertz CT molecular complexity index is 2040. The van der Waals surface area contributed by atoms with Crippen molar-refractivity contribution in [3.63, 3.8) is 0 Å². The third-order valence-electron chi connectivity index (χ3n) is 13.8. The predicted molar refractivity (Wildman–Crippen MR) is 395 cm³/mol. The highest BCUT2D eigenvalue weighted by atomic mass is 19.3. The summed E-state index contributed by atoms with van der Waals surface area (Å²) in [6.07, 6.45) is 14.5. The number of methoxy groups -OCH3 is 10. The third kappa shape index (κ3) is 102. The molecule has 0 amide bonds. The van der Waals surface area contributed by atoms with E-state index >= 15 is 0 Å². The van der Waals surface area contributed by atoms with Gasteiger partial charge in [0.05, 0.1) is 132 Å². The molecule has 0 saturated carbocycles. The van der Waals surface area contributed by atoms with Crippen molar-refractivity contribution in [1.82, 2.24) is 0 Å². The summed E-state index contributed by atoms with van der Waals surface area (Å²) in [5.41, 5.74) is 0.167. The maximum atomic E-state index is 11.9. The summed E-state index contributed by atoms with van der Waals surface area (Å²) < 4.78 is 222. The van der Waals surface area contributed by atoms with Crippen molar-refractivity contribution >= 4 is 5.97 Å². The monoisotopic (exact) mass is 1630 g/mol. The maximum Gasteiger partial charge on any atom is 0.342 e. The Balaban J connectivity index is -0.000000370. The Morgan fingerprint density at radius 3 is 1.12 bits per heavy atom. The van der Waals surface area contributed by atoms with Crippen LogP contribution in [-0.2, 0) is 123 Å². The molecule has 0 aromatic carbocycles. The zero-order valence-electron chi connectivity index (χ0n) is 68.2. The van der Waals surface area contributed by atoms with Gasteiger partial charge in [0.25, 0.3) is 0 Å². The van der Waals surface area contributed by atoms with Gasteiger partial charge >= 0.3 is 42.3 Å². The second-order valence-electron chi connectivity index (χ2n) is 24.0. The fourth-order valence-electron chi connectivity index (χ4n) is 6.80. The highest BCUT2D eigenvalue weighted by molar-refractivity contribution is 5.69. The number of unbranched alkanes of at least 4 members (excludes halogenated alkanes) is 9. The molecule has 0 aromatic heterocycles. The van der Waals surface area contributed by atoms with E-state index in [0.29, 0.717) is 83.8 Å². The summed E-state index contributed by atoms with van der Waals surface area (Å²) in [4.78, 5) is 10.9. The number of halogens is 9. The van der Waals surface area contributed by atoms with Crippen LogP contribution < -0.4 is 0 Å². The van der Waals surface area contributed by atoms with Crippen molar-refractivity contribution in [2.24, 2.45) is 0 Å². The van der Waals surface area contributed by atoms with Crippen LogP contribution in [-0.4, -0.2) is 298 Å². The van der Waals surface area contributed by atoms with Gasteiger partial charge in [0, 0.05) is 123 Å². The number of ether oxygens (including phenoxy) is 25. The van der Waals surface area contributed by atoms with Crippen LogP contribution >= 0.6 is 0 Å². The molecule has 6 fully saturated rings. The van der Waals surface area contributed by atoms with Gasteiger partial charge in [-0.1, -0.05) is 59.1 Å². The minimum absolute atomic E-state index is 0.0491. The molecule has 0 aromatic rings. The molecule has 6 unspecified atom stereocenters. The Morgan fingerprint density at radius 2 is 0.727 bits per heavy atom. The van der Waals surface area contributed by atoms with Crippen molar-refractivity contribution < 1.29 is 163 Å². The quantitative estimate of drug-likeness (QED) is 0.0180. The van der Waals surface area contributed by atoms with Crippen LogP contribution in [0.25, 0.3) is 0 Å². The molecule has 26 nitrogen and oxygen atoms in total. The molecular formula is C75H139F9O26. The minimum Gasteiger partial charge on any atom is -0.502 e. The zero-order chi connectivity index (χ0) is 83.3. The highest BCUT2D eigenvalue weighted by Gasteiger charge is 2.43. The summed E-state index contributed by atoms with van der Waals surface area (Å²) in [7, 11) is 15.5. The minimum atomic E-state index is -2.45. The summed E-state index contributed by atoms with van der Waals surface area (Å²) in [5.74, 6) is -0.164. The van der Waals surface area contributed by atoms with E-state index in [-0.39, 0.29) is 43.1 Å². The molecule has 6 heterocycles. The van der Waals surface area contributed by atoms with E-state index in [0.717, 1.165) is 177 Å². The predicted octanol–water partition coefficient (Wildman–Crippen LogP) is 14.2. The lowest BCUT2D eigenvalue weighted by Gasteiger charge is -2.09. The van der Waals surface area contributed by atoms with E-state index in [1.165, 1.54) is 65.3 Å². The van der Waals surface area contributed by atoms with E-state index in [2.05, 4.69) is 62.4 Å². The third-order valence-corrected chi connectivity index (χ3v) is 13.8. The van der Waals surface area contributed by atoms with Crippen LogP contribution in [0.3, 0.4) is 0 Å². The van der Waals surface area contributed by atoms with Crippen molar-refractivity contribution in [2.45, 2.75) is 166 Å². The van der Waals surface area contributed by atoms with E-state index in [1.54, 1.807) is 49.8 Å². The first-order valence-corrected chi connectivity index (χ1v) is 37.1. The van der Waals surface area contributed by atoms with Crippen molar-refractivity contribution in [1.29, 1.82) is 0 Å². The molecule has 6 saturated heterocycles. The van der Waals surface area contributed by atoms with Crippen LogP contribution in [0, 0.1) is 0 Å². The second-order valence-corrected chi connectivity index (χ2v) is 24.0. The molecule has 6 aliphatic heterocycles. The lowest BCUT2D eigenvalue weighted by Crippen LogP contribution is -2.18. The van der Waals surface area contributed by atoms with E-state index < -0.39 is 36.3 Å². The Morgan fingerprint density at radius 1 is 0.373 bits per heavy atom. The average Bonchev–Trinajstić information content (AvgIpc) is 1.67. The van der Waals surface area contributed by atoms with Crippen molar-refractivity contribution in [3.8, 4) is 0 Å². The normalized spacial score (nSPS) is 18.1. The van der Waals surface area contributed by atoms with Gasteiger partial charge in [-0.05, 0) is 77.6 Å².